The van der Waals surface area contributed by atoms with Gasteiger partial charge in [0.15, 0.2) is 17.5 Å². The van der Waals surface area contributed by atoms with Crippen LogP contribution in [0.3, 0.4) is 0 Å². The standard InChI is InChI=1S/C24H18F4N4O/c1-12-22-15(23(31(2)30-22)13-8-19(26)21(28)20(27)9-13)6-7-32(12)24(33)17-11-29-10-16-14(17)4-3-5-18(16)25/h3-5,8-12H,6-7H2,1-2H3/t12-/m0/s1. The first-order valence-electron chi connectivity index (χ1n) is 10.3. The Kier molecular flexibility index (Phi) is 4.92. The van der Waals surface area contributed by atoms with Gasteiger partial charge in [-0.15, -0.1) is 0 Å². The van der Waals surface area contributed by atoms with E-state index in [1.165, 1.54) is 29.2 Å². The van der Waals surface area contributed by atoms with Crippen LogP contribution in [0.15, 0.2) is 42.7 Å². The Hall–Kier alpha value is -3.75. The highest BCUT2D eigenvalue weighted by Crippen LogP contribution is 2.37. The molecule has 1 aliphatic heterocycles. The number of carbonyl (C=O) groups excluding carboxylic acids is 1. The van der Waals surface area contributed by atoms with Gasteiger partial charge in [-0.3, -0.25) is 14.5 Å². The Morgan fingerprint density at radius 2 is 1.76 bits per heavy atom. The lowest BCUT2D eigenvalue weighted by Crippen LogP contribution is -2.39. The maximum absolute atomic E-state index is 14.2. The summed E-state index contributed by atoms with van der Waals surface area (Å²) < 4.78 is 56.8. The fourth-order valence-electron chi connectivity index (χ4n) is 4.56. The van der Waals surface area contributed by atoms with E-state index in [2.05, 4.69) is 10.1 Å². The summed E-state index contributed by atoms with van der Waals surface area (Å²) >= 11 is 0. The molecule has 0 spiro atoms. The summed E-state index contributed by atoms with van der Waals surface area (Å²) in [6.45, 7) is 2.11. The number of carbonyl (C=O) groups is 1. The van der Waals surface area contributed by atoms with Crippen molar-refractivity contribution in [1.82, 2.24) is 19.7 Å². The summed E-state index contributed by atoms with van der Waals surface area (Å²) in [6, 6.07) is 5.94. The summed E-state index contributed by atoms with van der Waals surface area (Å²) in [5.41, 5.74) is 2.23. The minimum atomic E-state index is -1.53. The van der Waals surface area contributed by atoms with Crippen LogP contribution in [0.1, 0.15) is 34.6 Å². The van der Waals surface area contributed by atoms with Crippen molar-refractivity contribution in [3.63, 3.8) is 0 Å². The molecule has 4 aromatic rings. The van der Waals surface area contributed by atoms with Crippen LogP contribution in [0, 0.1) is 23.3 Å². The molecule has 0 fully saturated rings. The highest BCUT2D eigenvalue weighted by atomic mass is 19.2. The quantitative estimate of drug-likeness (QED) is 0.318. The molecule has 9 heteroatoms. The largest absolute Gasteiger partial charge is 0.330 e. The molecule has 1 aliphatic rings. The summed E-state index contributed by atoms with van der Waals surface area (Å²) in [6.07, 6.45) is 3.17. The van der Waals surface area contributed by atoms with Crippen molar-refractivity contribution >= 4 is 16.7 Å². The maximum atomic E-state index is 14.2. The molecule has 0 saturated heterocycles. The van der Waals surface area contributed by atoms with E-state index < -0.39 is 29.3 Å². The molecular weight excluding hydrogens is 436 g/mol. The summed E-state index contributed by atoms with van der Waals surface area (Å²) in [4.78, 5) is 19.1. The van der Waals surface area contributed by atoms with Gasteiger partial charge in [0.25, 0.3) is 5.91 Å². The van der Waals surface area contributed by atoms with E-state index in [1.807, 2.05) is 0 Å². The lowest BCUT2D eigenvalue weighted by molar-refractivity contribution is 0.0675. The molecular formula is C24H18F4N4O. The van der Waals surface area contributed by atoms with Gasteiger partial charge in [-0.25, -0.2) is 17.6 Å². The number of aryl methyl sites for hydroxylation is 1. The van der Waals surface area contributed by atoms with Gasteiger partial charge in [-0.1, -0.05) is 12.1 Å². The fraction of sp³-hybridized carbons (Fsp3) is 0.208. The van der Waals surface area contributed by atoms with Crippen molar-refractivity contribution < 1.29 is 22.4 Å². The zero-order chi connectivity index (χ0) is 23.4. The molecule has 0 bridgehead atoms. The molecule has 5 nitrogen and oxygen atoms in total. The number of hydrogen-bond acceptors (Lipinski definition) is 3. The molecule has 0 unspecified atom stereocenters. The van der Waals surface area contributed by atoms with Crippen LogP contribution < -0.4 is 0 Å². The lowest BCUT2D eigenvalue weighted by atomic mass is 9.94. The fourth-order valence-corrected chi connectivity index (χ4v) is 4.56. The Morgan fingerprint density at radius 1 is 1.03 bits per heavy atom. The molecule has 0 radical (unpaired) electrons. The minimum Gasteiger partial charge on any atom is -0.330 e. The minimum absolute atomic E-state index is 0.170. The first-order valence-corrected chi connectivity index (χ1v) is 10.3. The Balaban J connectivity index is 1.55. The molecule has 2 aromatic carbocycles. The van der Waals surface area contributed by atoms with Crippen molar-refractivity contribution in [3.8, 4) is 11.3 Å². The summed E-state index contributed by atoms with van der Waals surface area (Å²) in [5, 5.41) is 5.22. The van der Waals surface area contributed by atoms with Gasteiger partial charge in [-0.05, 0) is 31.5 Å². The van der Waals surface area contributed by atoms with Crippen molar-refractivity contribution in [2.24, 2.45) is 7.05 Å². The van der Waals surface area contributed by atoms with Crippen LogP contribution in [0.2, 0.25) is 0 Å². The Labute approximate surface area is 186 Å². The number of halogens is 4. The molecule has 5 rings (SSSR count). The van der Waals surface area contributed by atoms with Crippen molar-refractivity contribution in [2.45, 2.75) is 19.4 Å². The van der Waals surface area contributed by atoms with Gasteiger partial charge in [0.2, 0.25) is 0 Å². The first kappa shape index (κ1) is 21.1. The molecule has 1 amide bonds. The van der Waals surface area contributed by atoms with E-state index in [1.54, 1.807) is 24.9 Å². The first-order chi connectivity index (χ1) is 15.8. The van der Waals surface area contributed by atoms with E-state index >= 15 is 0 Å². The predicted molar refractivity (Wildman–Crippen MR) is 113 cm³/mol. The smallest absolute Gasteiger partial charge is 0.256 e. The van der Waals surface area contributed by atoms with Crippen LogP contribution in [0.4, 0.5) is 17.6 Å². The van der Waals surface area contributed by atoms with Gasteiger partial charge in [0.1, 0.15) is 5.82 Å². The number of nitrogens with zero attached hydrogens (tertiary/aromatic N) is 4. The zero-order valence-corrected chi connectivity index (χ0v) is 17.7. The molecule has 0 N–H and O–H groups in total. The van der Waals surface area contributed by atoms with Crippen molar-refractivity contribution in [3.05, 3.63) is 82.8 Å². The second-order valence-corrected chi connectivity index (χ2v) is 8.04. The predicted octanol–water partition coefficient (Wildman–Crippen LogP) is 4.95. The van der Waals surface area contributed by atoms with Gasteiger partial charge >= 0.3 is 0 Å². The topological polar surface area (TPSA) is 51.0 Å². The molecule has 0 saturated carbocycles. The molecule has 33 heavy (non-hydrogen) atoms. The number of pyridine rings is 1. The number of amides is 1. The third-order valence-corrected chi connectivity index (χ3v) is 6.14. The van der Waals surface area contributed by atoms with E-state index in [-0.39, 0.29) is 22.4 Å². The summed E-state index contributed by atoms with van der Waals surface area (Å²) in [7, 11) is 1.63. The normalized spacial score (nSPS) is 15.7. The lowest BCUT2D eigenvalue weighted by Gasteiger charge is -2.33. The zero-order valence-electron chi connectivity index (χ0n) is 17.7. The number of rotatable bonds is 2. The van der Waals surface area contributed by atoms with E-state index in [9.17, 15) is 22.4 Å². The Morgan fingerprint density at radius 3 is 2.48 bits per heavy atom. The van der Waals surface area contributed by atoms with Gasteiger partial charge in [0.05, 0.1) is 23.0 Å². The van der Waals surface area contributed by atoms with Gasteiger partial charge < -0.3 is 4.90 Å². The maximum Gasteiger partial charge on any atom is 0.256 e. The van der Waals surface area contributed by atoms with Gasteiger partial charge in [-0.2, -0.15) is 5.10 Å². The SMILES string of the molecule is C[C@H]1c2nn(C)c(-c3cc(F)c(F)c(F)c3)c2CCN1C(=O)c1cncc2c(F)cccc12. The average molecular weight is 454 g/mol. The van der Waals surface area contributed by atoms with E-state index in [0.29, 0.717) is 29.7 Å². The number of aromatic nitrogens is 3. The van der Waals surface area contributed by atoms with E-state index in [0.717, 1.165) is 17.7 Å². The molecule has 168 valence electrons. The molecule has 0 aliphatic carbocycles. The number of benzene rings is 2. The second kappa shape index (κ2) is 7.68. The van der Waals surface area contributed by atoms with Crippen LogP contribution >= 0.6 is 0 Å². The molecule has 1 atom stereocenters. The van der Waals surface area contributed by atoms with Gasteiger partial charge in [0, 0.05) is 47.9 Å². The molecule has 2 aromatic heterocycles. The Bertz CT molecular complexity index is 1410. The third kappa shape index (κ3) is 3.26. The second-order valence-electron chi connectivity index (χ2n) is 8.04. The van der Waals surface area contributed by atoms with Crippen molar-refractivity contribution in [2.75, 3.05) is 6.54 Å². The highest BCUT2D eigenvalue weighted by molar-refractivity contribution is 6.06. The number of hydrogen-bond donors (Lipinski definition) is 0. The number of fused-ring (bicyclic) bond motifs is 2. The van der Waals surface area contributed by atoms with Crippen LogP contribution in [-0.2, 0) is 13.5 Å². The van der Waals surface area contributed by atoms with Crippen LogP contribution in [0.25, 0.3) is 22.0 Å². The average Bonchev–Trinajstić information content (AvgIpc) is 3.14. The van der Waals surface area contributed by atoms with E-state index in [4.69, 9.17) is 0 Å². The van der Waals surface area contributed by atoms with Crippen LogP contribution in [0.5, 0.6) is 0 Å². The third-order valence-electron chi connectivity index (χ3n) is 6.14. The van der Waals surface area contributed by atoms with Crippen LogP contribution in [-0.4, -0.2) is 32.1 Å². The summed E-state index contributed by atoms with van der Waals surface area (Å²) in [5.74, 6) is -4.87. The monoisotopic (exact) mass is 454 g/mol. The van der Waals surface area contributed by atoms with Crippen molar-refractivity contribution in [1.29, 1.82) is 0 Å². The highest BCUT2D eigenvalue weighted by Gasteiger charge is 2.34. The molecule has 3 heterocycles.